The summed E-state index contributed by atoms with van der Waals surface area (Å²) in [4.78, 5) is 0. The van der Waals surface area contributed by atoms with Gasteiger partial charge in [0.2, 0.25) is 0 Å². The fourth-order valence-electron chi connectivity index (χ4n) is 2.92. The van der Waals surface area contributed by atoms with Gasteiger partial charge in [0.15, 0.2) is 0 Å². The summed E-state index contributed by atoms with van der Waals surface area (Å²) in [6, 6.07) is 11.8. The molecule has 0 radical (unpaired) electrons. The highest BCUT2D eigenvalue weighted by molar-refractivity contribution is 5.30. The van der Waals surface area contributed by atoms with E-state index in [1.54, 1.807) is 0 Å². The van der Waals surface area contributed by atoms with Gasteiger partial charge in [0.05, 0.1) is 18.8 Å². The van der Waals surface area contributed by atoms with Gasteiger partial charge in [-0.25, -0.2) is 0 Å². The van der Waals surface area contributed by atoms with Gasteiger partial charge in [-0.1, -0.05) is 50.1 Å². The Balaban J connectivity index is 1.87. The quantitative estimate of drug-likeness (QED) is 0.894. The summed E-state index contributed by atoms with van der Waals surface area (Å²) in [6.07, 6.45) is 5.71. The molecule has 0 spiro atoms. The first-order valence-electron chi connectivity index (χ1n) is 7.51. The van der Waals surface area contributed by atoms with Crippen LogP contribution in [0.1, 0.15) is 44.6 Å². The minimum Gasteiger partial charge on any atom is -0.378 e. The number of nitriles is 1. The molecule has 0 amide bonds. The van der Waals surface area contributed by atoms with Gasteiger partial charge in [-0.3, -0.25) is 0 Å². The van der Waals surface area contributed by atoms with Crippen LogP contribution in [0.3, 0.4) is 0 Å². The Bertz CT molecular complexity index is 454. The molecule has 0 bridgehead atoms. The number of nitrogens with two attached hydrogens (primary N) is 1. The summed E-state index contributed by atoms with van der Waals surface area (Å²) in [6.45, 7) is 2.83. The average molecular weight is 272 g/mol. The maximum Gasteiger partial charge on any atom is 0.132 e. The molecule has 1 aromatic carbocycles. The predicted molar refractivity (Wildman–Crippen MR) is 79.9 cm³/mol. The molecule has 1 fully saturated rings. The van der Waals surface area contributed by atoms with Crippen molar-refractivity contribution in [3.05, 3.63) is 35.9 Å². The largest absolute Gasteiger partial charge is 0.378 e. The first-order chi connectivity index (χ1) is 9.64. The van der Waals surface area contributed by atoms with Crippen LogP contribution in [0.5, 0.6) is 0 Å². The molecule has 3 atom stereocenters. The second kappa shape index (κ2) is 6.88. The average Bonchev–Trinajstić information content (AvgIpc) is 2.48. The van der Waals surface area contributed by atoms with E-state index in [1.165, 1.54) is 12.8 Å². The number of rotatable bonds is 5. The highest BCUT2D eigenvalue weighted by atomic mass is 16.5. The molecule has 0 aliphatic heterocycles. The third-order valence-electron chi connectivity index (χ3n) is 4.23. The van der Waals surface area contributed by atoms with Crippen molar-refractivity contribution >= 4 is 0 Å². The fourth-order valence-corrected chi connectivity index (χ4v) is 2.92. The number of benzene rings is 1. The van der Waals surface area contributed by atoms with Crippen molar-refractivity contribution in [2.45, 2.75) is 50.7 Å². The standard InChI is InChI=1S/C17H24N2O/c1-14-6-5-9-16(12-14)20-11-10-17(19,13-18)15-7-3-2-4-8-15/h2-4,7-8,14,16H,5-6,9-12,19H2,1H3. The third-order valence-corrected chi connectivity index (χ3v) is 4.23. The highest BCUT2D eigenvalue weighted by Crippen LogP contribution is 2.27. The van der Waals surface area contributed by atoms with Crippen molar-refractivity contribution in [2.75, 3.05) is 6.61 Å². The summed E-state index contributed by atoms with van der Waals surface area (Å²) < 4.78 is 5.94. The van der Waals surface area contributed by atoms with Crippen LogP contribution in [0, 0.1) is 17.2 Å². The molecule has 0 aromatic heterocycles. The molecule has 20 heavy (non-hydrogen) atoms. The lowest BCUT2D eigenvalue weighted by atomic mass is 9.88. The van der Waals surface area contributed by atoms with Gasteiger partial charge in [-0.15, -0.1) is 0 Å². The van der Waals surface area contributed by atoms with E-state index in [4.69, 9.17) is 10.5 Å². The molecule has 3 nitrogen and oxygen atoms in total. The van der Waals surface area contributed by atoms with Crippen LogP contribution in [-0.4, -0.2) is 12.7 Å². The van der Waals surface area contributed by atoms with Gasteiger partial charge < -0.3 is 10.5 Å². The van der Waals surface area contributed by atoms with E-state index in [-0.39, 0.29) is 0 Å². The summed E-state index contributed by atoms with van der Waals surface area (Å²) in [5, 5.41) is 9.39. The Morgan fingerprint density at radius 1 is 1.35 bits per heavy atom. The van der Waals surface area contributed by atoms with Crippen molar-refractivity contribution in [3.63, 3.8) is 0 Å². The first kappa shape index (κ1) is 15.0. The van der Waals surface area contributed by atoms with E-state index >= 15 is 0 Å². The van der Waals surface area contributed by atoms with E-state index in [9.17, 15) is 5.26 Å². The van der Waals surface area contributed by atoms with Crippen molar-refractivity contribution in [2.24, 2.45) is 11.7 Å². The Kier molecular flexibility index (Phi) is 5.17. The Hall–Kier alpha value is -1.37. The molecule has 1 aliphatic carbocycles. The number of hydrogen-bond donors (Lipinski definition) is 1. The van der Waals surface area contributed by atoms with Gasteiger partial charge in [-0.2, -0.15) is 5.26 Å². The van der Waals surface area contributed by atoms with Gasteiger partial charge in [0.25, 0.3) is 0 Å². The summed E-state index contributed by atoms with van der Waals surface area (Å²) in [5.74, 6) is 0.751. The van der Waals surface area contributed by atoms with Crippen molar-refractivity contribution in [3.8, 4) is 6.07 Å². The van der Waals surface area contributed by atoms with Gasteiger partial charge in [-0.05, 0) is 24.3 Å². The smallest absolute Gasteiger partial charge is 0.132 e. The molecular weight excluding hydrogens is 248 g/mol. The molecule has 0 heterocycles. The zero-order valence-corrected chi connectivity index (χ0v) is 12.2. The second-order valence-electron chi connectivity index (χ2n) is 5.96. The first-order valence-corrected chi connectivity index (χ1v) is 7.51. The van der Waals surface area contributed by atoms with Crippen LogP contribution in [-0.2, 0) is 10.3 Å². The SMILES string of the molecule is CC1CCCC(OCCC(N)(C#N)c2ccccc2)C1. The van der Waals surface area contributed by atoms with Crippen molar-refractivity contribution < 1.29 is 4.74 Å². The number of ether oxygens (including phenoxy) is 1. The highest BCUT2D eigenvalue weighted by Gasteiger charge is 2.27. The lowest BCUT2D eigenvalue weighted by Gasteiger charge is -2.28. The molecule has 1 aromatic rings. The topological polar surface area (TPSA) is 59.0 Å². The Labute approximate surface area is 121 Å². The molecule has 1 saturated carbocycles. The normalized spacial score (nSPS) is 25.6. The zero-order chi connectivity index (χ0) is 14.4. The maximum atomic E-state index is 9.39. The minimum absolute atomic E-state index is 0.345. The fraction of sp³-hybridized carbons (Fsp3) is 0.588. The molecule has 2 rings (SSSR count). The second-order valence-corrected chi connectivity index (χ2v) is 5.96. The monoisotopic (exact) mass is 272 g/mol. The van der Waals surface area contributed by atoms with Crippen LogP contribution < -0.4 is 5.73 Å². The maximum absolute atomic E-state index is 9.39. The van der Waals surface area contributed by atoms with Gasteiger partial charge in [0.1, 0.15) is 5.54 Å². The van der Waals surface area contributed by atoms with E-state index in [0.717, 1.165) is 24.3 Å². The van der Waals surface area contributed by atoms with Gasteiger partial charge in [0, 0.05) is 6.42 Å². The summed E-state index contributed by atoms with van der Waals surface area (Å²) in [5.41, 5.74) is 6.14. The van der Waals surface area contributed by atoms with Gasteiger partial charge >= 0.3 is 0 Å². The number of nitrogens with zero attached hydrogens (tertiary/aromatic N) is 1. The Morgan fingerprint density at radius 3 is 2.75 bits per heavy atom. The zero-order valence-electron chi connectivity index (χ0n) is 12.2. The number of hydrogen-bond acceptors (Lipinski definition) is 3. The third kappa shape index (κ3) is 3.82. The van der Waals surface area contributed by atoms with E-state index in [1.807, 2.05) is 30.3 Å². The Morgan fingerprint density at radius 2 is 2.10 bits per heavy atom. The summed E-state index contributed by atoms with van der Waals surface area (Å²) in [7, 11) is 0. The molecule has 3 heteroatoms. The summed E-state index contributed by atoms with van der Waals surface area (Å²) >= 11 is 0. The van der Waals surface area contributed by atoms with Crippen LogP contribution in [0.2, 0.25) is 0 Å². The van der Waals surface area contributed by atoms with Crippen LogP contribution >= 0.6 is 0 Å². The van der Waals surface area contributed by atoms with Crippen molar-refractivity contribution in [1.82, 2.24) is 0 Å². The van der Waals surface area contributed by atoms with E-state index in [2.05, 4.69) is 13.0 Å². The van der Waals surface area contributed by atoms with Crippen LogP contribution in [0.25, 0.3) is 0 Å². The van der Waals surface area contributed by atoms with E-state index < -0.39 is 5.54 Å². The lowest BCUT2D eigenvalue weighted by molar-refractivity contribution is 0.00964. The molecule has 0 saturated heterocycles. The molecule has 2 N–H and O–H groups in total. The lowest BCUT2D eigenvalue weighted by Crippen LogP contribution is -2.37. The molecule has 1 aliphatic rings. The minimum atomic E-state index is -0.943. The molecular formula is C17H24N2O. The molecule has 3 unspecified atom stereocenters. The predicted octanol–water partition coefficient (Wildman–Crippen LogP) is 3.35. The van der Waals surface area contributed by atoms with Crippen LogP contribution in [0.15, 0.2) is 30.3 Å². The van der Waals surface area contributed by atoms with Crippen molar-refractivity contribution in [1.29, 1.82) is 5.26 Å². The molecule has 108 valence electrons. The van der Waals surface area contributed by atoms with Crippen LogP contribution in [0.4, 0.5) is 0 Å². The van der Waals surface area contributed by atoms with E-state index in [0.29, 0.717) is 19.1 Å².